The van der Waals surface area contributed by atoms with Crippen LogP contribution in [0.2, 0.25) is 10.0 Å². The van der Waals surface area contributed by atoms with Crippen molar-refractivity contribution in [3.63, 3.8) is 0 Å². The molecule has 1 nitrogen and oxygen atoms in total. The second-order valence-electron chi connectivity index (χ2n) is 5.54. The van der Waals surface area contributed by atoms with E-state index in [0.717, 1.165) is 15.6 Å². The van der Waals surface area contributed by atoms with Gasteiger partial charge in [0.05, 0.1) is 0 Å². The zero-order valence-electron chi connectivity index (χ0n) is 11.6. The van der Waals surface area contributed by atoms with Gasteiger partial charge in [0.25, 0.3) is 0 Å². The third kappa shape index (κ3) is 4.11. The molecule has 0 aromatic heterocycles. The van der Waals surface area contributed by atoms with Gasteiger partial charge < -0.3 is 5.32 Å². The lowest BCUT2D eigenvalue weighted by molar-refractivity contribution is 0.299. The lowest BCUT2D eigenvalue weighted by Crippen LogP contribution is -2.26. The summed E-state index contributed by atoms with van der Waals surface area (Å²) >= 11 is 12.5. The second kappa shape index (κ2) is 7.52. The van der Waals surface area contributed by atoms with E-state index < -0.39 is 0 Å². The number of hydrogen-bond acceptors (Lipinski definition) is 1. The molecule has 0 radical (unpaired) electrons. The van der Waals surface area contributed by atoms with Crippen molar-refractivity contribution in [1.29, 1.82) is 0 Å². The van der Waals surface area contributed by atoms with Crippen LogP contribution in [0.1, 0.15) is 56.6 Å². The lowest BCUT2D eigenvalue weighted by Gasteiger charge is -2.29. The monoisotopic (exact) mass is 299 g/mol. The fourth-order valence-corrected chi connectivity index (χ4v) is 3.63. The Balaban J connectivity index is 2.19. The molecule has 1 aliphatic rings. The summed E-state index contributed by atoms with van der Waals surface area (Å²) in [7, 11) is 2.03. The minimum atomic E-state index is 0.323. The van der Waals surface area contributed by atoms with Crippen molar-refractivity contribution < 1.29 is 0 Å². The summed E-state index contributed by atoms with van der Waals surface area (Å²) in [5.41, 5.74) is 1.15. The van der Waals surface area contributed by atoms with E-state index in [1.165, 1.54) is 44.9 Å². The standard InChI is InChI=1S/C16H23Cl2N/c1-19-16(12-7-5-3-2-4-6-8-12)14-11-13(17)9-10-15(14)18/h9-12,16,19H,2-8H2,1H3. The molecule has 3 heteroatoms. The molecule has 1 aromatic carbocycles. The maximum Gasteiger partial charge on any atom is 0.0454 e. The first-order valence-electron chi connectivity index (χ1n) is 7.34. The summed E-state index contributed by atoms with van der Waals surface area (Å²) in [5.74, 6) is 0.668. The molecular weight excluding hydrogens is 277 g/mol. The second-order valence-corrected chi connectivity index (χ2v) is 6.38. The van der Waals surface area contributed by atoms with Gasteiger partial charge in [-0.05, 0) is 49.6 Å². The first-order chi connectivity index (χ1) is 9.22. The average molecular weight is 300 g/mol. The van der Waals surface area contributed by atoms with Crippen LogP contribution in [0.5, 0.6) is 0 Å². The molecule has 1 unspecified atom stereocenters. The first kappa shape index (κ1) is 15.2. The largest absolute Gasteiger partial charge is 0.313 e. The average Bonchev–Trinajstić information content (AvgIpc) is 2.36. The maximum atomic E-state index is 6.36. The molecule has 1 atom stereocenters. The molecule has 106 valence electrons. The fraction of sp³-hybridized carbons (Fsp3) is 0.625. The summed E-state index contributed by atoms with van der Waals surface area (Å²) in [6.07, 6.45) is 9.38. The van der Waals surface area contributed by atoms with Gasteiger partial charge in [-0.25, -0.2) is 0 Å². The number of rotatable bonds is 3. The van der Waals surface area contributed by atoms with Crippen LogP contribution < -0.4 is 5.32 Å². The molecule has 0 aliphatic heterocycles. The molecule has 19 heavy (non-hydrogen) atoms. The molecule has 1 fully saturated rings. The van der Waals surface area contributed by atoms with Gasteiger partial charge >= 0.3 is 0 Å². The van der Waals surface area contributed by atoms with Gasteiger partial charge in [-0.2, -0.15) is 0 Å². The summed E-state index contributed by atoms with van der Waals surface area (Å²) in [5, 5.41) is 5.06. The van der Waals surface area contributed by atoms with Gasteiger partial charge in [0, 0.05) is 16.1 Å². The Morgan fingerprint density at radius 1 is 1.05 bits per heavy atom. The third-order valence-electron chi connectivity index (χ3n) is 4.23. The Labute approximate surface area is 126 Å². The summed E-state index contributed by atoms with van der Waals surface area (Å²) in [6, 6.07) is 6.11. The van der Waals surface area contributed by atoms with Gasteiger partial charge in [-0.1, -0.05) is 55.3 Å². The van der Waals surface area contributed by atoms with Gasteiger partial charge in [0.2, 0.25) is 0 Å². The van der Waals surface area contributed by atoms with Crippen molar-refractivity contribution >= 4 is 23.2 Å². The van der Waals surface area contributed by atoms with Crippen molar-refractivity contribution in [2.45, 2.75) is 51.0 Å². The highest BCUT2D eigenvalue weighted by Crippen LogP contribution is 2.36. The van der Waals surface area contributed by atoms with E-state index in [4.69, 9.17) is 23.2 Å². The van der Waals surface area contributed by atoms with Crippen molar-refractivity contribution in [1.82, 2.24) is 5.32 Å². The Morgan fingerprint density at radius 3 is 2.32 bits per heavy atom. The van der Waals surface area contributed by atoms with Crippen LogP contribution in [0.4, 0.5) is 0 Å². The van der Waals surface area contributed by atoms with E-state index >= 15 is 0 Å². The molecule has 0 bridgehead atoms. The van der Waals surface area contributed by atoms with E-state index in [0.29, 0.717) is 12.0 Å². The quantitative estimate of drug-likeness (QED) is 0.764. The Morgan fingerprint density at radius 2 is 1.68 bits per heavy atom. The van der Waals surface area contributed by atoms with Gasteiger partial charge in [-0.3, -0.25) is 0 Å². The zero-order valence-corrected chi connectivity index (χ0v) is 13.1. The van der Waals surface area contributed by atoms with Crippen molar-refractivity contribution in [3.05, 3.63) is 33.8 Å². The van der Waals surface area contributed by atoms with Crippen LogP contribution in [0.15, 0.2) is 18.2 Å². The van der Waals surface area contributed by atoms with Crippen molar-refractivity contribution in [3.8, 4) is 0 Å². The van der Waals surface area contributed by atoms with Crippen LogP contribution in [0.3, 0.4) is 0 Å². The number of hydrogen-bond donors (Lipinski definition) is 1. The first-order valence-corrected chi connectivity index (χ1v) is 8.10. The van der Waals surface area contributed by atoms with E-state index in [9.17, 15) is 0 Å². The van der Waals surface area contributed by atoms with Gasteiger partial charge in [-0.15, -0.1) is 0 Å². The SMILES string of the molecule is CNC(c1cc(Cl)ccc1Cl)C1CCCCCCC1. The predicted molar refractivity (Wildman–Crippen MR) is 84.1 cm³/mol. The van der Waals surface area contributed by atoms with E-state index in [1.807, 2.05) is 25.2 Å². The molecule has 0 spiro atoms. The Kier molecular flexibility index (Phi) is 6.00. The van der Waals surface area contributed by atoms with Gasteiger partial charge in [0.15, 0.2) is 0 Å². The highest BCUT2D eigenvalue weighted by molar-refractivity contribution is 6.33. The number of benzene rings is 1. The fourth-order valence-electron chi connectivity index (χ4n) is 3.22. The number of halogens is 2. The van der Waals surface area contributed by atoms with Crippen LogP contribution >= 0.6 is 23.2 Å². The van der Waals surface area contributed by atoms with E-state index in [1.54, 1.807) is 0 Å². The highest BCUT2D eigenvalue weighted by atomic mass is 35.5. The van der Waals surface area contributed by atoms with Crippen LogP contribution in [-0.4, -0.2) is 7.05 Å². The van der Waals surface area contributed by atoms with Gasteiger partial charge in [0.1, 0.15) is 0 Å². The van der Waals surface area contributed by atoms with Crippen molar-refractivity contribution in [2.24, 2.45) is 5.92 Å². The summed E-state index contributed by atoms with van der Waals surface area (Å²) in [4.78, 5) is 0. The Hall–Kier alpha value is -0.240. The molecule has 0 heterocycles. The molecule has 2 rings (SSSR count). The molecule has 1 aromatic rings. The topological polar surface area (TPSA) is 12.0 Å². The maximum absolute atomic E-state index is 6.36. The van der Waals surface area contributed by atoms with Crippen LogP contribution in [0.25, 0.3) is 0 Å². The third-order valence-corrected chi connectivity index (χ3v) is 4.80. The minimum absolute atomic E-state index is 0.323. The van der Waals surface area contributed by atoms with E-state index in [2.05, 4.69) is 5.32 Å². The normalized spacial score (nSPS) is 19.7. The molecule has 1 aliphatic carbocycles. The van der Waals surface area contributed by atoms with Crippen LogP contribution in [0, 0.1) is 5.92 Å². The predicted octanol–water partition coefficient (Wildman–Crippen LogP) is 5.61. The summed E-state index contributed by atoms with van der Waals surface area (Å²) in [6.45, 7) is 0. The molecule has 1 N–H and O–H groups in total. The zero-order chi connectivity index (χ0) is 13.7. The number of nitrogens with one attached hydrogen (secondary N) is 1. The smallest absolute Gasteiger partial charge is 0.0454 e. The molecular formula is C16H23Cl2N. The Bertz CT molecular complexity index is 398. The van der Waals surface area contributed by atoms with Crippen LogP contribution in [-0.2, 0) is 0 Å². The molecule has 0 amide bonds. The molecule has 0 saturated heterocycles. The molecule has 1 saturated carbocycles. The lowest BCUT2D eigenvalue weighted by atomic mass is 9.83. The highest BCUT2D eigenvalue weighted by Gasteiger charge is 2.24. The minimum Gasteiger partial charge on any atom is -0.313 e. The van der Waals surface area contributed by atoms with E-state index in [-0.39, 0.29) is 0 Å². The summed E-state index contributed by atoms with van der Waals surface area (Å²) < 4.78 is 0. The van der Waals surface area contributed by atoms with Crippen molar-refractivity contribution in [2.75, 3.05) is 7.05 Å².